The summed E-state index contributed by atoms with van der Waals surface area (Å²) in [6.07, 6.45) is 7.45. The maximum absolute atomic E-state index is 9.22. The van der Waals surface area contributed by atoms with Crippen LogP contribution in [0.15, 0.2) is 24.3 Å². The Morgan fingerprint density at radius 1 is 1.21 bits per heavy atom. The van der Waals surface area contributed by atoms with Crippen LogP contribution in [-0.2, 0) is 0 Å². The molecule has 0 saturated heterocycles. The lowest BCUT2D eigenvalue weighted by molar-refractivity contribution is 0.403. The molecule has 0 radical (unpaired) electrons. The van der Waals surface area contributed by atoms with Crippen LogP contribution in [0.3, 0.4) is 0 Å². The van der Waals surface area contributed by atoms with E-state index in [1.54, 1.807) is 12.1 Å². The van der Waals surface area contributed by atoms with Crippen molar-refractivity contribution in [3.8, 4) is 11.5 Å². The third kappa shape index (κ3) is 3.13. The Hall–Kier alpha value is -1.44. The summed E-state index contributed by atoms with van der Waals surface area (Å²) in [6, 6.07) is 4.82. The molecule has 0 heterocycles. The molecule has 1 rings (SSSR count). The summed E-state index contributed by atoms with van der Waals surface area (Å²) in [5.41, 5.74) is 0.913. The number of allylic oxidation sites excluding steroid dienone is 1. The minimum absolute atomic E-state index is 0.0670. The molecule has 0 aliphatic rings. The smallest absolute Gasteiger partial charge is 0.157 e. The average Bonchev–Trinajstić information content (AvgIpc) is 2.18. The summed E-state index contributed by atoms with van der Waals surface area (Å²) < 4.78 is 0. The molecule has 0 fully saturated rings. The number of aromatic hydroxyl groups is 2. The van der Waals surface area contributed by atoms with Crippen molar-refractivity contribution in [2.75, 3.05) is 0 Å². The van der Waals surface area contributed by atoms with E-state index in [-0.39, 0.29) is 11.5 Å². The van der Waals surface area contributed by atoms with Gasteiger partial charge in [-0.15, -0.1) is 0 Å². The molecule has 0 atom stereocenters. The van der Waals surface area contributed by atoms with Crippen LogP contribution in [0.4, 0.5) is 0 Å². The molecule has 0 spiro atoms. The van der Waals surface area contributed by atoms with Crippen LogP contribution in [-0.4, -0.2) is 10.2 Å². The van der Waals surface area contributed by atoms with Crippen molar-refractivity contribution in [2.24, 2.45) is 0 Å². The third-order valence-electron chi connectivity index (χ3n) is 2.03. The van der Waals surface area contributed by atoms with Crippen molar-refractivity contribution >= 4 is 6.08 Å². The molecule has 0 aliphatic heterocycles. The molecule has 14 heavy (non-hydrogen) atoms. The Labute approximate surface area is 84.5 Å². The van der Waals surface area contributed by atoms with Gasteiger partial charge in [-0.3, -0.25) is 0 Å². The van der Waals surface area contributed by atoms with E-state index in [9.17, 15) is 5.11 Å². The molecule has 76 valence electrons. The van der Waals surface area contributed by atoms with Crippen molar-refractivity contribution in [1.29, 1.82) is 0 Å². The van der Waals surface area contributed by atoms with Crippen LogP contribution in [0.2, 0.25) is 0 Å². The molecule has 1 aromatic rings. The monoisotopic (exact) mass is 192 g/mol. The van der Waals surface area contributed by atoms with Crippen molar-refractivity contribution in [3.63, 3.8) is 0 Å². The first kappa shape index (κ1) is 10.6. The molecular weight excluding hydrogens is 176 g/mol. The highest BCUT2D eigenvalue weighted by molar-refractivity contribution is 5.54. The van der Waals surface area contributed by atoms with E-state index in [0.717, 1.165) is 12.0 Å². The van der Waals surface area contributed by atoms with Gasteiger partial charge in [0.1, 0.15) is 0 Å². The zero-order chi connectivity index (χ0) is 10.4. The fourth-order valence-corrected chi connectivity index (χ4v) is 1.19. The third-order valence-corrected chi connectivity index (χ3v) is 2.03. The predicted molar refractivity (Wildman–Crippen MR) is 58.3 cm³/mol. The van der Waals surface area contributed by atoms with Gasteiger partial charge in [-0.1, -0.05) is 38.0 Å². The second-order valence-corrected chi connectivity index (χ2v) is 3.29. The van der Waals surface area contributed by atoms with Gasteiger partial charge in [0.2, 0.25) is 0 Å². The van der Waals surface area contributed by atoms with Crippen LogP contribution in [0.25, 0.3) is 6.08 Å². The van der Waals surface area contributed by atoms with E-state index in [0.29, 0.717) is 0 Å². The highest BCUT2D eigenvalue weighted by atomic mass is 16.3. The molecule has 0 bridgehead atoms. The van der Waals surface area contributed by atoms with Gasteiger partial charge in [-0.25, -0.2) is 0 Å². The number of hydrogen-bond acceptors (Lipinski definition) is 2. The quantitative estimate of drug-likeness (QED) is 0.567. The van der Waals surface area contributed by atoms with Gasteiger partial charge < -0.3 is 10.2 Å². The maximum Gasteiger partial charge on any atom is 0.157 e. The lowest BCUT2D eigenvalue weighted by Crippen LogP contribution is -1.73. The minimum atomic E-state index is -0.0734. The number of benzene rings is 1. The Morgan fingerprint density at radius 3 is 2.64 bits per heavy atom. The molecule has 1 aromatic carbocycles. The van der Waals surface area contributed by atoms with E-state index in [1.165, 1.54) is 18.9 Å². The van der Waals surface area contributed by atoms with Gasteiger partial charge in [-0.05, 0) is 24.1 Å². The SMILES string of the molecule is CCCCC=Cc1ccc(O)c(O)c1. The largest absolute Gasteiger partial charge is 0.504 e. The van der Waals surface area contributed by atoms with E-state index < -0.39 is 0 Å². The van der Waals surface area contributed by atoms with Crippen molar-refractivity contribution in [2.45, 2.75) is 26.2 Å². The van der Waals surface area contributed by atoms with Crippen molar-refractivity contribution in [3.05, 3.63) is 29.8 Å². The second-order valence-electron chi connectivity index (χ2n) is 3.29. The lowest BCUT2D eigenvalue weighted by Gasteiger charge is -1.98. The summed E-state index contributed by atoms with van der Waals surface area (Å²) in [4.78, 5) is 0. The van der Waals surface area contributed by atoms with Gasteiger partial charge in [0.05, 0.1) is 0 Å². The Balaban J connectivity index is 2.59. The van der Waals surface area contributed by atoms with Gasteiger partial charge in [0, 0.05) is 0 Å². The van der Waals surface area contributed by atoms with E-state index >= 15 is 0 Å². The summed E-state index contributed by atoms with van der Waals surface area (Å²) in [5, 5.41) is 18.3. The van der Waals surface area contributed by atoms with Gasteiger partial charge in [0.25, 0.3) is 0 Å². The second kappa shape index (κ2) is 5.32. The van der Waals surface area contributed by atoms with Crippen LogP contribution in [0.5, 0.6) is 11.5 Å². The van der Waals surface area contributed by atoms with Crippen molar-refractivity contribution in [1.82, 2.24) is 0 Å². The number of hydrogen-bond donors (Lipinski definition) is 2. The summed E-state index contributed by atoms with van der Waals surface area (Å²) in [6.45, 7) is 2.15. The minimum Gasteiger partial charge on any atom is -0.504 e. The number of rotatable bonds is 4. The first-order valence-electron chi connectivity index (χ1n) is 4.92. The van der Waals surface area contributed by atoms with Gasteiger partial charge in [0.15, 0.2) is 11.5 Å². The standard InChI is InChI=1S/C12H16O2/c1-2-3-4-5-6-10-7-8-11(13)12(14)9-10/h5-9,13-14H,2-4H2,1H3. The molecule has 0 aromatic heterocycles. The average molecular weight is 192 g/mol. The normalized spacial score (nSPS) is 10.9. The summed E-state index contributed by atoms with van der Waals surface area (Å²) >= 11 is 0. The number of unbranched alkanes of at least 4 members (excludes halogenated alkanes) is 2. The summed E-state index contributed by atoms with van der Waals surface area (Å²) in [5.74, 6) is -0.140. The van der Waals surface area contributed by atoms with Crippen molar-refractivity contribution < 1.29 is 10.2 Å². The van der Waals surface area contributed by atoms with E-state index in [1.807, 2.05) is 6.08 Å². The maximum atomic E-state index is 9.22. The van der Waals surface area contributed by atoms with Gasteiger partial charge >= 0.3 is 0 Å². The fourth-order valence-electron chi connectivity index (χ4n) is 1.19. The summed E-state index contributed by atoms with van der Waals surface area (Å²) in [7, 11) is 0. The molecular formula is C12H16O2. The van der Waals surface area contributed by atoms with Gasteiger partial charge in [-0.2, -0.15) is 0 Å². The molecule has 2 heteroatoms. The highest BCUT2D eigenvalue weighted by Gasteiger charge is 1.96. The fraction of sp³-hybridized carbons (Fsp3) is 0.333. The Kier molecular flexibility index (Phi) is 4.05. The molecule has 2 nitrogen and oxygen atoms in total. The molecule has 0 aliphatic carbocycles. The molecule has 0 unspecified atom stereocenters. The van der Waals surface area contributed by atoms with Crippen LogP contribution in [0, 0.1) is 0 Å². The first-order chi connectivity index (χ1) is 6.74. The topological polar surface area (TPSA) is 40.5 Å². The zero-order valence-corrected chi connectivity index (χ0v) is 8.40. The molecule has 0 saturated carbocycles. The van der Waals surface area contributed by atoms with E-state index in [4.69, 9.17) is 5.11 Å². The Bertz CT molecular complexity index is 316. The zero-order valence-electron chi connectivity index (χ0n) is 8.40. The number of phenolic OH excluding ortho intramolecular Hbond substituents is 2. The lowest BCUT2D eigenvalue weighted by atomic mass is 10.1. The van der Waals surface area contributed by atoms with E-state index in [2.05, 4.69) is 13.0 Å². The van der Waals surface area contributed by atoms with Crippen LogP contribution >= 0.6 is 0 Å². The number of phenols is 2. The van der Waals surface area contributed by atoms with Crippen LogP contribution < -0.4 is 0 Å². The molecule has 2 N–H and O–H groups in total. The highest BCUT2D eigenvalue weighted by Crippen LogP contribution is 2.25. The molecule has 0 amide bonds. The Morgan fingerprint density at radius 2 is 2.00 bits per heavy atom. The predicted octanol–water partition coefficient (Wildman–Crippen LogP) is 3.30. The first-order valence-corrected chi connectivity index (χ1v) is 4.92. The van der Waals surface area contributed by atoms with Crippen LogP contribution in [0.1, 0.15) is 31.7 Å².